The Kier molecular flexibility index (Phi) is 5.44. The predicted molar refractivity (Wildman–Crippen MR) is 33.7 cm³/mol. The Morgan fingerprint density at radius 3 is 3.00 bits per heavy atom. The van der Waals surface area contributed by atoms with Crippen molar-refractivity contribution in [1.29, 1.82) is 0 Å². The molecule has 10 heavy (non-hydrogen) atoms. The number of hydrogen-bond acceptors (Lipinski definition) is 4. The molecule has 1 N–H and O–H groups in total. The Morgan fingerprint density at radius 1 is 1.90 bits per heavy atom. The van der Waals surface area contributed by atoms with Gasteiger partial charge in [-0.05, 0) is 0 Å². The minimum absolute atomic E-state index is 0. The second-order valence-corrected chi connectivity index (χ2v) is 2.64. The third-order valence-corrected chi connectivity index (χ3v) is 1.67. The van der Waals surface area contributed by atoms with Crippen LogP contribution in [0.2, 0.25) is 0 Å². The molecule has 1 aromatic heterocycles. The number of aromatic nitrogens is 1. The van der Waals surface area contributed by atoms with Crippen LogP contribution in [-0.2, 0) is 4.57 Å². The minimum Gasteiger partial charge on any atom is -1.00 e. The van der Waals surface area contributed by atoms with Crippen LogP contribution < -0.4 is 34.1 Å². The van der Waals surface area contributed by atoms with Crippen LogP contribution in [0.3, 0.4) is 0 Å². The zero-order valence-electron chi connectivity index (χ0n) is 6.22. The van der Waals surface area contributed by atoms with E-state index in [-0.39, 0.29) is 36.2 Å². The maximum absolute atomic E-state index is 9.96. The van der Waals surface area contributed by atoms with Crippen LogP contribution in [0.4, 0.5) is 0 Å². The number of rotatable bonds is 2. The molecule has 1 unspecified atom stereocenters. The molecule has 0 bridgehead atoms. The van der Waals surface area contributed by atoms with E-state index in [0.29, 0.717) is 0 Å². The third kappa shape index (κ3) is 3.61. The summed E-state index contributed by atoms with van der Waals surface area (Å²) in [5.74, 6) is 0. The molecule has 0 amide bonds. The monoisotopic (exact) mass is 188 g/mol. The van der Waals surface area contributed by atoms with Gasteiger partial charge in [0.25, 0.3) is 0 Å². The molecule has 1 rings (SSSR count). The second-order valence-electron chi connectivity index (χ2n) is 1.13. The fourth-order valence-corrected chi connectivity index (χ4v) is 1.23. The average Bonchev–Trinajstić information content (AvgIpc) is 2.15. The fourth-order valence-electron chi connectivity index (χ4n) is 0.322. The van der Waals surface area contributed by atoms with Crippen LogP contribution in [0.5, 0.6) is 5.19 Å². The Labute approximate surface area is 86.0 Å². The van der Waals surface area contributed by atoms with Gasteiger partial charge in [0.05, 0.1) is 0 Å². The van der Waals surface area contributed by atoms with Crippen LogP contribution >= 0.6 is 19.6 Å². The summed E-state index contributed by atoms with van der Waals surface area (Å²) >= 11 is 1.17. The number of hydrogen-bond donors (Lipinski definition) is 1. The van der Waals surface area contributed by atoms with Gasteiger partial charge in [0, 0.05) is 16.1 Å². The summed E-state index contributed by atoms with van der Waals surface area (Å²) in [6.45, 7) is 0. The maximum Gasteiger partial charge on any atom is 1.00 e. The van der Waals surface area contributed by atoms with Crippen molar-refractivity contribution in [2.24, 2.45) is 0 Å². The van der Waals surface area contributed by atoms with E-state index in [9.17, 15) is 4.57 Å². The van der Waals surface area contributed by atoms with Gasteiger partial charge in [-0.15, -0.1) is 4.89 Å². The first kappa shape index (κ1) is 10.5. The SMILES string of the molecule is O=[P+](O)Oc1nccs1.[H-].[Na+]. The number of thiazole rings is 1. The molecule has 0 aliphatic rings. The van der Waals surface area contributed by atoms with Gasteiger partial charge in [-0.25, -0.2) is 4.98 Å². The van der Waals surface area contributed by atoms with Crippen molar-refractivity contribution in [2.45, 2.75) is 0 Å². The Bertz CT molecular complexity index is 208. The predicted octanol–water partition coefficient (Wildman–Crippen LogP) is -1.71. The first-order chi connectivity index (χ1) is 4.29. The largest absolute Gasteiger partial charge is 1.00 e. The van der Waals surface area contributed by atoms with E-state index in [2.05, 4.69) is 9.51 Å². The summed E-state index contributed by atoms with van der Waals surface area (Å²) < 4.78 is 14.3. The second kappa shape index (κ2) is 5.18. The molecule has 0 aliphatic carbocycles. The van der Waals surface area contributed by atoms with Crippen molar-refractivity contribution in [3.63, 3.8) is 0 Å². The van der Waals surface area contributed by atoms with Crippen molar-refractivity contribution >= 4 is 19.6 Å². The van der Waals surface area contributed by atoms with Crippen LogP contribution in [-0.4, -0.2) is 9.88 Å². The maximum atomic E-state index is 9.96. The Morgan fingerprint density at radius 2 is 2.60 bits per heavy atom. The van der Waals surface area contributed by atoms with Gasteiger partial charge < -0.3 is 1.43 Å². The molecular weight excluding hydrogens is 184 g/mol. The van der Waals surface area contributed by atoms with E-state index in [1.807, 2.05) is 0 Å². The standard InChI is InChI=1S/C3H2NO3PS.Na.H/c5-8(6)7-3-4-1-2-9-3;;/h1-2H;;/q;+1;-1/p+1. The first-order valence-corrected chi connectivity index (χ1v) is 4.03. The van der Waals surface area contributed by atoms with Crippen LogP contribution in [0.25, 0.3) is 0 Å². The molecular formula is C3H4NNaO3PS+. The zero-order chi connectivity index (χ0) is 6.69. The van der Waals surface area contributed by atoms with Crippen molar-refractivity contribution < 1.29 is 45.0 Å². The Balaban J connectivity index is 0. The molecule has 0 saturated carbocycles. The molecule has 4 nitrogen and oxygen atoms in total. The van der Waals surface area contributed by atoms with E-state index in [0.717, 1.165) is 0 Å². The van der Waals surface area contributed by atoms with Crippen LogP contribution in [0.1, 0.15) is 1.43 Å². The number of nitrogens with zero attached hydrogens (tertiary/aromatic N) is 1. The summed E-state index contributed by atoms with van der Waals surface area (Å²) in [7, 11) is -2.55. The van der Waals surface area contributed by atoms with E-state index in [1.165, 1.54) is 17.5 Å². The van der Waals surface area contributed by atoms with Crippen molar-refractivity contribution in [2.75, 3.05) is 0 Å². The van der Waals surface area contributed by atoms with Crippen molar-refractivity contribution in [1.82, 2.24) is 4.98 Å². The molecule has 0 spiro atoms. The first-order valence-electron chi connectivity index (χ1n) is 2.02. The van der Waals surface area contributed by atoms with E-state index in [4.69, 9.17) is 4.89 Å². The third-order valence-electron chi connectivity index (χ3n) is 0.566. The average molecular weight is 188 g/mol. The fraction of sp³-hybridized carbons (Fsp3) is 0. The molecule has 1 aromatic rings. The molecule has 7 heteroatoms. The summed E-state index contributed by atoms with van der Waals surface area (Å²) in [4.78, 5) is 11.8. The summed E-state index contributed by atoms with van der Waals surface area (Å²) in [6, 6.07) is 0. The van der Waals surface area contributed by atoms with Gasteiger partial charge in [-0.2, -0.15) is 4.52 Å². The molecule has 0 fully saturated rings. The molecule has 0 aromatic carbocycles. The van der Waals surface area contributed by atoms with Gasteiger partial charge in [-0.1, -0.05) is 11.3 Å². The van der Waals surface area contributed by atoms with Crippen molar-refractivity contribution in [3.05, 3.63) is 11.6 Å². The van der Waals surface area contributed by atoms with Crippen molar-refractivity contribution in [3.8, 4) is 5.19 Å². The summed E-state index contributed by atoms with van der Waals surface area (Å²) in [5.41, 5.74) is 0. The molecule has 50 valence electrons. The van der Waals surface area contributed by atoms with Gasteiger partial charge in [-0.3, -0.25) is 0 Å². The molecule has 0 saturated heterocycles. The van der Waals surface area contributed by atoms with Gasteiger partial charge in [0.2, 0.25) is 0 Å². The quantitative estimate of drug-likeness (QED) is 0.443. The van der Waals surface area contributed by atoms with E-state index >= 15 is 0 Å². The van der Waals surface area contributed by atoms with Gasteiger partial charge in [0.1, 0.15) is 0 Å². The molecule has 0 aliphatic heterocycles. The molecule has 0 radical (unpaired) electrons. The van der Waals surface area contributed by atoms with E-state index < -0.39 is 8.25 Å². The van der Waals surface area contributed by atoms with Crippen LogP contribution in [0.15, 0.2) is 11.6 Å². The van der Waals surface area contributed by atoms with Gasteiger partial charge >= 0.3 is 43.0 Å². The molecule has 1 heterocycles. The smallest absolute Gasteiger partial charge is 1.00 e. The van der Waals surface area contributed by atoms with E-state index in [1.54, 1.807) is 5.38 Å². The normalized spacial score (nSPS) is 9.90. The summed E-state index contributed by atoms with van der Waals surface area (Å²) in [6.07, 6.45) is 1.50. The summed E-state index contributed by atoms with van der Waals surface area (Å²) in [5, 5.41) is 1.88. The van der Waals surface area contributed by atoms with Gasteiger partial charge in [0.15, 0.2) is 0 Å². The topological polar surface area (TPSA) is 59.4 Å². The minimum atomic E-state index is -2.55. The molecule has 1 atom stereocenters. The zero-order valence-corrected chi connectivity index (χ0v) is 8.93. The van der Waals surface area contributed by atoms with Crippen LogP contribution in [0, 0.1) is 0 Å². The Hall–Kier alpha value is 0.490.